The van der Waals surface area contributed by atoms with Gasteiger partial charge in [0.25, 0.3) is 5.91 Å². The summed E-state index contributed by atoms with van der Waals surface area (Å²) in [6.07, 6.45) is 4.04. The molecular weight excluding hydrogens is 472 g/mol. The molecule has 2 heterocycles. The maximum absolute atomic E-state index is 13.0. The lowest BCUT2D eigenvalue weighted by Gasteiger charge is -2.09. The molecule has 0 aliphatic rings. The van der Waals surface area contributed by atoms with Crippen molar-refractivity contribution in [1.29, 1.82) is 0 Å². The van der Waals surface area contributed by atoms with Crippen LogP contribution in [-0.4, -0.2) is 44.5 Å². The number of rotatable bonds is 9. The van der Waals surface area contributed by atoms with Gasteiger partial charge >= 0.3 is 0 Å². The summed E-state index contributed by atoms with van der Waals surface area (Å²) in [5, 5.41) is 12.6. The van der Waals surface area contributed by atoms with Gasteiger partial charge in [-0.1, -0.05) is 46.8 Å². The summed E-state index contributed by atoms with van der Waals surface area (Å²) in [6, 6.07) is 15.1. The Kier molecular flexibility index (Phi) is 7.76. The molecule has 4 aromatic rings. The van der Waals surface area contributed by atoms with E-state index >= 15 is 0 Å². The molecule has 1 N–H and O–H groups in total. The summed E-state index contributed by atoms with van der Waals surface area (Å²) in [5.74, 6) is 0.914. The molecule has 0 unspecified atom stereocenters. The molecule has 10 heteroatoms. The molecule has 174 valence electrons. The molecular formula is C24H23ClN6O2S. The van der Waals surface area contributed by atoms with E-state index in [2.05, 4.69) is 25.6 Å². The largest absolute Gasteiger partial charge is 0.497 e. The lowest BCUT2D eigenvalue weighted by Crippen LogP contribution is -2.27. The summed E-state index contributed by atoms with van der Waals surface area (Å²) in [6.45, 7) is 2.39. The number of hydrogen-bond acceptors (Lipinski definition) is 7. The van der Waals surface area contributed by atoms with Gasteiger partial charge in [0.1, 0.15) is 5.75 Å². The number of carbonyl (C=O) groups is 1. The van der Waals surface area contributed by atoms with E-state index in [1.165, 1.54) is 11.8 Å². The highest BCUT2D eigenvalue weighted by Crippen LogP contribution is 2.25. The quantitative estimate of drug-likeness (QED) is 0.274. The zero-order valence-corrected chi connectivity index (χ0v) is 20.3. The lowest BCUT2D eigenvalue weighted by atomic mass is 10.1. The molecule has 2 aromatic heterocycles. The van der Waals surface area contributed by atoms with Crippen LogP contribution in [0.2, 0.25) is 5.02 Å². The smallest absolute Gasteiger partial charge is 0.273 e. The van der Waals surface area contributed by atoms with Crippen LogP contribution in [0.4, 0.5) is 0 Å². The standard InChI is InChI=1S/C24H23ClN6O2S/c1-16-4-7-18(14-20(16)25)31-21(15-34-24-27-11-3-12-28-24)22(29-30-31)23(32)26-13-10-17-5-8-19(33-2)9-6-17/h3-9,11-12,14H,10,13,15H2,1-2H3,(H,26,32). The Balaban J connectivity index is 1.53. The molecule has 0 aliphatic heterocycles. The van der Waals surface area contributed by atoms with Gasteiger partial charge in [-0.15, -0.1) is 5.10 Å². The Hall–Kier alpha value is -3.43. The fourth-order valence-corrected chi connectivity index (χ4v) is 4.19. The van der Waals surface area contributed by atoms with Crippen LogP contribution < -0.4 is 10.1 Å². The summed E-state index contributed by atoms with van der Waals surface area (Å²) in [4.78, 5) is 21.5. The number of halogens is 1. The van der Waals surface area contributed by atoms with Gasteiger partial charge in [0.05, 0.1) is 18.5 Å². The maximum atomic E-state index is 13.0. The molecule has 0 radical (unpaired) electrons. The molecule has 8 nitrogen and oxygen atoms in total. The minimum Gasteiger partial charge on any atom is -0.497 e. The van der Waals surface area contributed by atoms with E-state index in [0.29, 0.717) is 34.6 Å². The number of ether oxygens (including phenoxy) is 1. The number of nitrogens with one attached hydrogen (secondary N) is 1. The zero-order chi connectivity index (χ0) is 23.9. The second-order valence-corrected chi connectivity index (χ2v) is 8.75. The van der Waals surface area contributed by atoms with Gasteiger partial charge in [0.2, 0.25) is 0 Å². The highest BCUT2D eigenvalue weighted by atomic mass is 35.5. The first-order valence-electron chi connectivity index (χ1n) is 10.6. The van der Waals surface area contributed by atoms with E-state index in [1.807, 2.05) is 49.4 Å². The van der Waals surface area contributed by atoms with Crippen LogP contribution in [0.1, 0.15) is 27.3 Å². The minimum atomic E-state index is -0.289. The number of aryl methyl sites for hydroxylation is 1. The Morgan fingerprint density at radius 1 is 1.15 bits per heavy atom. The average molecular weight is 495 g/mol. The molecule has 4 rings (SSSR count). The van der Waals surface area contributed by atoms with E-state index in [1.54, 1.807) is 30.3 Å². The number of hydrogen-bond donors (Lipinski definition) is 1. The number of aromatic nitrogens is 5. The third kappa shape index (κ3) is 5.73. The zero-order valence-electron chi connectivity index (χ0n) is 18.7. The third-order valence-electron chi connectivity index (χ3n) is 5.12. The van der Waals surface area contributed by atoms with Crippen LogP contribution in [0, 0.1) is 6.92 Å². The van der Waals surface area contributed by atoms with Gasteiger partial charge in [0, 0.05) is 29.7 Å². The third-order valence-corrected chi connectivity index (χ3v) is 6.41. The SMILES string of the molecule is COc1ccc(CCNC(=O)c2nnn(-c3ccc(C)c(Cl)c3)c2CSc2ncccn2)cc1. The fourth-order valence-electron chi connectivity index (χ4n) is 3.22. The van der Waals surface area contributed by atoms with Crippen molar-refractivity contribution >= 4 is 29.3 Å². The normalized spacial score (nSPS) is 10.8. The molecule has 0 bridgehead atoms. The molecule has 0 spiro atoms. The van der Waals surface area contributed by atoms with Crippen LogP contribution in [-0.2, 0) is 12.2 Å². The summed E-state index contributed by atoms with van der Waals surface area (Å²) < 4.78 is 6.82. The van der Waals surface area contributed by atoms with Crippen molar-refractivity contribution in [3.8, 4) is 11.4 Å². The van der Waals surface area contributed by atoms with E-state index in [-0.39, 0.29) is 11.6 Å². The Morgan fingerprint density at radius 2 is 1.91 bits per heavy atom. The van der Waals surface area contributed by atoms with Crippen molar-refractivity contribution in [1.82, 2.24) is 30.3 Å². The summed E-state index contributed by atoms with van der Waals surface area (Å²) in [5.41, 5.74) is 3.67. The molecule has 2 aromatic carbocycles. The van der Waals surface area contributed by atoms with E-state index < -0.39 is 0 Å². The fraction of sp³-hybridized carbons (Fsp3) is 0.208. The molecule has 0 fully saturated rings. The predicted octanol–water partition coefficient (Wildman–Crippen LogP) is 4.29. The van der Waals surface area contributed by atoms with Crippen molar-refractivity contribution in [2.75, 3.05) is 13.7 Å². The average Bonchev–Trinajstić information content (AvgIpc) is 3.29. The number of thioether (sulfide) groups is 1. The van der Waals surface area contributed by atoms with Gasteiger partial charge in [-0.25, -0.2) is 14.6 Å². The van der Waals surface area contributed by atoms with Gasteiger partial charge in [-0.05, 0) is 54.8 Å². The predicted molar refractivity (Wildman–Crippen MR) is 132 cm³/mol. The maximum Gasteiger partial charge on any atom is 0.273 e. The van der Waals surface area contributed by atoms with Crippen LogP contribution in [0.15, 0.2) is 66.1 Å². The number of carbonyl (C=O) groups excluding carboxylic acids is 1. The van der Waals surface area contributed by atoms with Gasteiger partial charge in [0.15, 0.2) is 10.9 Å². The highest BCUT2D eigenvalue weighted by Gasteiger charge is 2.21. The first-order valence-corrected chi connectivity index (χ1v) is 11.9. The summed E-state index contributed by atoms with van der Waals surface area (Å²) >= 11 is 7.73. The van der Waals surface area contributed by atoms with Crippen LogP contribution in [0.5, 0.6) is 5.75 Å². The van der Waals surface area contributed by atoms with Crippen molar-refractivity contribution < 1.29 is 9.53 Å². The Bertz CT molecular complexity index is 1260. The van der Waals surface area contributed by atoms with Gasteiger partial charge in [-0.2, -0.15) is 0 Å². The number of benzene rings is 2. The molecule has 34 heavy (non-hydrogen) atoms. The number of nitrogens with zero attached hydrogens (tertiary/aromatic N) is 5. The molecule has 0 aliphatic carbocycles. The Morgan fingerprint density at radius 3 is 2.62 bits per heavy atom. The van der Waals surface area contributed by atoms with Crippen molar-refractivity contribution in [2.45, 2.75) is 24.3 Å². The van der Waals surface area contributed by atoms with E-state index in [4.69, 9.17) is 16.3 Å². The second-order valence-electron chi connectivity index (χ2n) is 7.40. The number of amides is 1. The molecule has 0 saturated carbocycles. The molecule has 0 saturated heterocycles. The molecule has 1 amide bonds. The topological polar surface area (TPSA) is 94.8 Å². The van der Waals surface area contributed by atoms with Crippen LogP contribution >= 0.6 is 23.4 Å². The van der Waals surface area contributed by atoms with Crippen molar-refractivity contribution in [3.63, 3.8) is 0 Å². The minimum absolute atomic E-state index is 0.259. The highest BCUT2D eigenvalue weighted by molar-refractivity contribution is 7.98. The lowest BCUT2D eigenvalue weighted by molar-refractivity contribution is 0.0948. The Labute approximate surface area is 206 Å². The van der Waals surface area contributed by atoms with Crippen LogP contribution in [0.25, 0.3) is 5.69 Å². The van der Waals surface area contributed by atoms with Crippen molar-refractivity contribution in [2.24, 2.45) is 0 Å². The molecule has 0 atom stereocenters. The monoisotopic (exact) mass is 494 g/mol. The second kappa shape index (κ2) is 11.1. The van der Waals surface area contributed by atoms with Gasteiger partial charge < -0.3 is 10.1 Å². The number of methoxy groups -OCH3 is 1. The first kappa shape index (κ1) is 23.7. The van der Waals surface area contributed by atoms with Gasteiger partial charge in [-0.3, -0.25) is 4.79 Å². The summed E-state index contributed by atoms with van der Waals surface area (Å²) in [7, 11) is 1.63. The van der Waals surface area contributed by atoms with E-state index in [0.717, 1.165) is 22.6 Å². The van der Waals surface area contributed by atoms with Crippen molar-refractivity contribution in [3.05, 3.63) is 88.5 Å². The van der Waals surface area contributed by atoms with E-state index in [9.17, 15) is 4.79 Å². The first-order chi connectivity index (χ1) is 16.5. The van der Waals surface area contributed by atoms with Crippen LogP contribution in [0.3, 0.4) is 0 Å².